The van der Waals surface area contributed by atoms with E-state index in [0.717, 1.165) is 0 Å². The lowest BCUT2D eigenvalue weighted by molar-refractivity contribution is 0.662. The maximum Gasteiger partial charge on any atom is 0.0541 e. The quantitative estimate of drug-likeness (QED) is 0.127. The predicted molar refractivity (Wildman–Crippen MR) is 532 cm³/mol. The number of hydrogen-bond donors (Lipinski definition) is 0. The Balaban J connectivity index is 0.000000108. The first-order valence-corrected chi connectivity index (χ1v) is 43.2. The van der Waals surface area contributed by atoms with Crippen molar-refractivity contribution in [1.82, 2.24) is 4.57 Å². The Hall–Kier alpha value is -15.8. The molecule has 124 heavy (non-hydrogen) atoms. The molecule has 0 fully saturated rings. The van der Waals surface area contributed by atoms with Crippen LogP contribution in [0, 0.1) is 0 Å². The Bertz CT molecular complexity index is 8360. The van der Waals surface area contributed by atoms with E-state index in [9.17, 15) is 0 Å². The van der Waals surface area contributed by atoms with E-state index in [4.69, 9.17) is 0 Å². The highest BCUT2D eigenvalue weighted by Crippen LogP contribution is 2.53. The van der Waals surface area contributed by atoms with Crippen LogP contribution in [-0.4, -0.2) is 4.57 Å². The smallest absolute Gasteiger partial charge is 0.0541 e. The van der Waals surface area contributed by atoms with Crippen LogP contribution < -0.4 is 0 Å². The predicted octanol–water partition coefficient (Wildman–Crippen LogP) is 34.2. The van der Waals surface area contributed by atoms with E-state index in [-0.39, 0.29) is 5.41 Å². The molecule has 1 aliphatic carbocycles. The molecule has 0 saturated carbocycles. The van der Waals surface area contributed by atoms with Gasteiger partial charge in [-0.05, 0) is 281 Å². The number of nitrogens with zero attached hydrogens (tertiary/aromatic N) is 1. The molecule has 0 N–H and O–H groups in total. The lowest BCUT2D eigenvalue weighted by Crippen LogP contribution is -2.16. The molecule has 0 spiro atoms. The number of hydrogen-bond acceptors (Lipinski definition) is 0. The van der Waals surface area contributed by atoms with E-state index in [1.807, 2.05) is 0 Å². The molecule has 1 nitrogen and oxygen atoms in total. The highest BCUT2D eigenvalue weighted by atomic mass is 15.0. The molecule has 0 aliphatic heterocycles. The molecule has 0 bridgehead atoms. The van der Waals surface area contributed by atoms with Gasteiger partial charge in [0.05, 0.1) is 11.0 Å². The zero-order valence-electron chi connectivity index (χ0n) is 68.9. The van der Waals surface area contributed by atoms with Gasteiger partial charge in [0.15, 0.2) is 0 Å². The van der Waals surface area contributed by atoms with Gasteiger partial charge < -0.3 is 4.57 Å². The van der Waals surface area contributed by atoms with Crippen LogP contribution in [0.15, 0.2) is 467 Å². The van der Waals surface area contributed by atoms with Gasteiger partial charge in [-0.25, -0.2) is 0 Å². The standard InChI is InChI=1S/C42H27N.C42H28.C39H28/c1-2-14-33(15-3-1)43-40-20-9-8-18-36(40)39-26-30(23-24-41(39)43)29-12-10-13-31(25-29)38-27-32-22-21-28-11-4-5-16-34(28)42(32)37-19-7-6-17-35(37)38;1-3-11-29(12-4-1)32-16-9-18-34(25-32)35-22-21-31-23-24-39-40(28-37-15-7-8-20-38(37)42(39)41(31)27-35)36-19-10-17-33(26-36)30-13-5-2-6-14-30;1-39(2)36-17-8-7-13-32(36)34-16-9-15-30(38(34)39)26-18-20-27(21-19-26)35-24-28-23-22-25-10-3-4-11-29(25)37(28)33-14-6-5-12-31(33)35/h1-27H;1-28H;3-24H,1-2H3. The summed E-state index contributed by atoms with van der Waals surface area (Å²) < 4.78 is 2.37. The zero-order chi connectivity index (χ0) is 82.4. The minimum Gasteiger partial charge on any atom is -0.309 e. The van der Waals surface area contributed by atoms with Crippen molar-refractivity contribution in [2.24, 2.45) is 0 Å². The summed E-state index contributed by atoms with van der Waals surface area (Å²) >= 11 is 0. The highest BCUT2D eigenvalue weighted by Gasteiger charge is 2.37. The number of rotatable bonds is 9. The van der Waals surface area contributed by atoms with Crippen LogP contribution in [0.2, 0.25) is 0 Å². The van der Waals surface area contributed by atoms with Crippen molar-refractivity contribution >= 4 is 119 Å². The van der Waals surface area contributed by atoms with Crippen molar-refractivity contribution in [3.63, 3.8) is 0 Å². The third kappa shape index (κ3) is 12.7. The summed E-state index contributed by atoms with van der Waals surface area (Å²) in [7, 11) is 0. The molecule has 24 aromatic rings. The Kier molecular flexibility index (Phi) is 18.0. The molecule has 23 aromatic carbocycles. The third-order valence-corrected chi connectivity index (χ3v) is 26.2. The first-order chi connectivity index (χ1) is 61.3. The molecule has 25 rings (SSSR count). The number of aromatic nitrogens is 1. The van der Waals surface area contributed by atoms with Gasteiger partial charge >= 0.3 is 0 Å². The van der Waals surface area contributed by atoms with E-state index in [1.165, 1.54) is 236 Å². The lowest BCUT2D eigenvalue weighted by atomic mass is 9.79. The normalized spacial score (nSPS) is 12.2. The van der Waals surface area contributed by atoms with Crippen molar-refractivity contribution in [3.05, 3.63) is 478 Å². The fourth-order valence-electron chi connectivity index (χ4n) is 20.4. The monoisotopic (exact) mass is 1570 g/mol. The molecule has 0 radical (unpaired) electrons. The molecular formula is C123H83N. The van der Waals surface area contributed by atoms with E-state index < -0.39 is 0 Å². The second kappa shape index (κ2) is 30.5. The van der Waals surface area contributed by atoms with Crippen LogP contribution >= 0.6 is 0 Å². The number of benzene rings is 23. The lowest BCUT2D eigenvalue weighted by Gasteiger charge is -2.24. The SMILES string of the molecule is CC1(C)c2ccccc2-c2cccc(-c3ccc(-c4cc5ccc6ccccc6c5c5ccccc45)cc3)c21.c1ccc(-c2cccc(-c3ccc4ccc5c(-c6cccc(-c7ccccc7)c6)cc6ccccc6c5c4c3)c2)cc1.c1ccc(-n2c3ccccc3c3cc(-c4cccc(-c5cc6ccc7ccccc7c6c6ccccc56)c4)ccc32)cc1. The van der Waals surface area contributed by atoms with E-state index in [2.05, 4.69) is 486 Å². The Morgan fingerprint density at radius 2 is 0.508 bits per heavy atom. The molecule has 1 aromatic heterocycles. The number of para-hydroxylation sites is 2. The van der Waals surface area contributed by atoms with Crippen LogP contribution in [0.25, 0.3) is 225 Å². The van der Waals surface area contributed by atoms with Gasteiger partial charge in [0.2, 0.25) is 0 Å². The summed E-state index contributed by atoms with van der Waals surface area (Å²) in [4.78, 5) is 0. The average molecular weight is 1580 g/mol. The van der Waals surface area contributed by atoms with Crippen molar-refractivity contribution in [1.29, 1.82) is 0 Å². The molecule has 1 heterocycles. The minimum absolute atomic E-state index is 0.0293. The molecule has 0 atom stereocenters. The van der Waals surface area contributed by atoms with Crippen LogP contribution in [0.1, 0.15) is 25.0 Å². The van der Waals surface area contributed by atoms with Crippen molar-refractivity contribution in [2.45, 2.75) is 19.3 Å². The molecular weight excluding hydrogens is 1490 g/mol. The van der Waals surface area contributed by atoms with Crippen molar-refractivity contribution in [3.8, 4) is 106 Å². The van der Waals surface area contributed by atoms with Gasteiger partial charge in [-0.1, -0.05) is 408 Å². The number of fused-ring (bicyclic) bond motifs is 21. The summed E-state index contributed by atoms with van der Waals surface area (Å²) in [5.74, 6) is 0. The third-order valence-electron chi connectivity index (χ3n) is 26.2. The first-order valence-electron chi connectivity index (χ1n) is 43.2. The largest absolute Gasteiger partial charge is 0.309 e. The van der Waals surface area contributed by atoms with Crippen molar-refractivity contribution in [2.75, 3.05) is 0 Å². The molecule has 1 heteroatoms. The van der Waals surface area contributed by atoms with Crippen LogP contribution in [0.3, 0.4) is 0 Å². The Morgan fingerprint density at radius 3 is 1.10 bits per heavy atom. The summed E-state index contributed by atoms with van der Waals surface area (Å²) in [6.07, 6.45) is 0. The molecule has 580 valence electrons. The van der Waals surface area contributed by atoms with Crippen LogP contribution in [0.4, 0.5) is 0 Å². The molecule has 1 aliphatic rings. The van der Waals surface area contributed by atoms with Crippen molar-refractivity contribution < 1.29 is 0 Å². The summed E-state index contributed by atoms with van der Waals surface area (Å²) in [5.41, 5.74) is 29.1. The van der Waals surface area contributed by atoms with E-state index in [0.29, 0.717) is 0 Å². The summed E-state index contributed by atoms with van der Waals surface area (Å²) in [6, 6.07) is 171. The topological polar surface area (TPSA) is 4.93 Å². The van der Waals surface area contributed by atoms with E-state index >= 15 is 0 Å². The maximum absolute atomic E-state index is 2.39. The van der Waals surface area contributed by atoms with Gasteiger partial charge in [0.25, 0.3) is 0 Å². The summed E-state index contributed by atoms with van der Waals surface area (Å²) in [6.45, 7) is 4.72. The fourth-order valence-corrected chi connectivity index (χ4v) is 20.4. The van der Waals surface area contributed by atoms with Crippen LogP contribution in [-0.2, 0) is 5.41 Å². The van der Waals surface area contributed by atoms with Gasteiger partial charge in [-0.2, -0.15) is 0 Å². The average Bonchev–Trinajstić information content (AvgIpc) is 1.26. The zero-order valence-corrected chi connectivity index (χ0v) is 68.9. The van der Waals surface area contributed by atoms with E-state index in [1.54, 1.807) is 0 Å². The maximum atomic E-state index is 2.39. The van der Waals surface area contributed by atoms with Gasteiger partial charge in [-0.15, -0.1) is 0 Å². The molecule has 0 amide bonds. The fraction of sp³-hybridized carbons (Fsp3) is 0.0244. The molecule has 0 saturated heterocycles. The first kappa shape index (κ1) is 73.3. The second-order valence-corrected chi connectivity index (χ2v) is 33.6. The van der Waals surface area contributed by atoms with Gasteiger partial charge in [0.1, 0.15) is 0 Å². The second-order valence-electron chi connectivity index (χ2n) is 33.6. The minimum atomic E-state index is -0.0293. The van der Waals surface area contributed by atoms with Gasteiger partial charge in [0, 0.05) is 21.9 Å². The molecule has 0 unspecified atom stereocenters. The highest BCUT2D eigenvalue weighted by molar-refractivity contribution is 6.27. The van der Waals surface area contributed by atoms with Crippen LogP contribution in [0.5, 0.6) is 0 Å². The van der Waals surface area contributed by atoms with Gasteiger partial charge in [-0.3, -0.25) is 0 Å². The Morgan fingerprint density at radius 1 is 0.161 bits per heavy atom. The summed E-state index contributed by atoms with van der Waals surface area (Å²) in [5, 5.41) is 25.8. The Labute approximate surface area is 721 Å².